The average molecular weight is 202 g/mol. The minimum Gasteiger partial charge on any atom is -0.468 e. The lowest BCUT2D eigenvalue weighted by Gasteiger charge is -2.09. The second-order valence-electron chi connectivity index (χ2n) is 2.08. The highest BCUT2D eigenvalue weighted by Gasteiger charge is 2.37. The number of esters is 3. The minimum atomic E-state index is -1.72. The summed E-state index contributed by atoms with van der Waals surface area (Å²) in [5.74, 6) is -4.88. The van der Waals surface area contributed by atoms with Crippen molar-refractivity contribution >= 4 is 17.9 Å². The Bertz CT molecular complexity index is 241. The van der Waals surface area contributed by atoms with Crippen molar-refractivity contribution in [3.05, 3.63) is 12.8 Å². The van der Waals surface area contributed by atoms with Crippen molar-refractivity contribution in [2.24, 2.45) is 5.92 Å². The Morgan fingerprint density at radius 2 is 1.50 bits per heavy atom. The van der Waals surface area contributed by atoms with E-state index in [1.807, 2.05) is 0 Å². The zero-order valence-corrected chi connectivity index (χ0v) is 7.81. The van der Waals surface area contributed by atoms with E-state index in [2.05, 4.69) is 20.8 Å². The molecule has 0 amide bonds. The van der Waals surface area contributed by atoms with Crippen molar-refractivity contribution in [2.45, 2.75) is 0 Å². The normalized spacial score (nSPS) is 9.07. The molecule has 0 heterocycles. The van der Waals surface area contributed by atoms with Gasteiger partial charge in [-0.3, -0.25) is 14.4 Å². The van der Waals surface area contributed by atoms with Crippen molar-refractivity contribution in [1.29, 1.82) is 0 Å². The van der Waals surface area contributed by atoms with Crippen LogP contribution in [0, 0.1) is 5.92 Å². The smallest absolute Gasteiger partial charge is 0.336 e. The molecule has 0 aromatic heterocycles. The lowest BCUT2D eigenvalue weighted by molar-refractivity contribution is -0.167. The second-order valence-corrected chi connectivity index (χ2v) is 2.08. The van der Waals surface area contributed by atoms with E-state index in [0.717, 1.165) is 20.5 Å². The number of methoxy groups -OCH3 is 2. The largest absolute Gasteiger partial charge is 0.468 e. The van der Waals surface area contributed by atoms with Crippen molar-refractivity contribution in [2.75, 3.05) is 14.2 Å². The zero-order valence-electron chi connectivity index (χ0n) is 7.81. The molecule has 0 aliphatic heterocycles. The molecule has 0 bridgehead atoms. The highest BCUT2D eigenvalue weighted by Crippen LogP contribution is 2.05. The summed E-state index contributed by atoms with van der Waals surface area (Å²) in [6.07, 6.45) is 0.807. The number of ether oxygens (including phenoxy) is 3. The van der Waals surface area contributed by atoms with Crippen LogP contribution in [0.2, 0.25) is 0 Å². The quantitative estimate of drug-likeness (QED) is 0.268. The standard InChI is InChI=1S/C8H10O6/c1-4-14-8(11)5(6(9)12-2)7(10)13-3/h4-5H,1H2,2-3H3. The van der Waals surface area contributed by atoms with Crippen LogP contribution in [-0.4, -0.2) is 32.1 Å². The molecule has 0 aliphatic carbocycles. The van der Waals surface area contributed by atoms with Crippen LogP contribution in [0.1, 0.15) is 0 Å². The molecule has 6 nitrogen and oxygen atoms in total. The third-order valence-corrected chi connectivity index (χ3v) is 1.31. The van der Waals surface area contributed by atoms with E-state index in [1.54, 1.807) is 0 Å². The highest BCUT2D eigenvalue weighted by atomic mass is 16.6. The van der Waals surface area contributed by atoms with Gasteiger partial charge in [0.25, 0.3) is 5.92 Å². The average Bonchev–Trinajstić information content (AvgIpc) is 2.17. The Morgan fingerprint density at radius 3 is 1.79 bits per heavy atom. The number of carbonyl (C=O) groups excluding carboxylic acids is 3. The van der Waals surface area contributed by atoms with Crippen molar-refractivity contribution in [1.82, 2.24) is 0 Å². The number of rotatable bonds is 4. The van der Waals surface area contributed by atoms with Crippen LogP contribution in [-0.2, 0) is 28.6 Å². The molecule has 0 spiro atoms. The van der Waals surface area contributed by atoms with Crippen molar-refractivity contribution in [3.63, 3.8) is 0 Å². The molecule has 0 saturated heterocycles. The topological polar surface area (TPSA) is 78.9 Å². The summed E-state index contributed by atoms with van der Waals surface area (Å²) in [6, 6.07) is 0. The summed E-state index contributed by atoms with van der Waals surface area (Å²) in [5.41, 5.74) is 0. The molecular formula is C8H10O6. The van der Waals surface area contributed by atoms with Crippen LogP contribution < -0.4 is 0 Å². The Morgan fingerprint density at radius 1 is 1.07 bits per heavy atom. The first-order valence-electron chi connectivity index (χ1n) is 3.55. The van der Waals surface area contributed by atoms with Crippen molar-refractivity contribution in [3.8, 4) is 0 Å². The van der Waals surface area contributed by atoms with E-state index in [1.165, 1.54) is 0 Å². The third-order valence-electron chi connectivity index (χ3n) is 1.31. The predicted octanol–water partition coefficient (Wildman–Crippen LogP) is -0.365. The van der Waals surface area contributed by atoms with Gasteiger partial charge < -0.3 is 14.2 Å². The Kier molecular flexibility index (Phi) is 4.98. The summed E-state index contributed by atoms with van der Waals surface area (Å²) in [7, 11) is 2.08. The molecule has 78 valence electrons. The SMILES string of the molecule is C=COC(=O)C(C(=O)OC)C(=O)OC. The van der Waals surface area contributed by atoms with Crippen LogP contribution in [0.3, 0.4) is 0 Å². The molecule has 0 aliphatic rings. The van der Waals surface area contributed by atoms with E-state index in [0.29, 0.717) is 0 Å². The zero-order chi connectivity index (χ0) is 11.1. The van der Waals surface area contributed by atoms with Gasteiger partial charge in [-0.1, -0.05) is 6.58 Å². The highest BCUT2D eigenvalue weighted by molar-refractivity contribution is 6.12. The molecule has 0 aromatic rings. The molecule has 0 fully saturated rings. The van der Waals surface area contributed by atoms with Crippen LogP contribution in [0.25, 0.3) is 0 Å². The maximum Gasteiger partial charge on any atom is 0.336 e. The summed E-state index contributed by atoms with van der Waals surface area (Å²) in [6.45, 7) is 3.11. The summed E-state index contributed by atoms with van der Waals surface area (Å²) < 4.78 is 12.7. The number of carbonyl (C=O) groups is 3. The molecule has 0 aromatic carbocycles. The fraction of sp³-hybridized carbons (Fsp3) is 0.375. The van der Waals surface area contributed by atoms with Crippen LogP contribution in [0.4, 0.5) is 0 Å². The minimum absolute atomic E-state index is 0.807. The predicted molar refractivity (Wildman–Crippen MR) is 43.8 cm³/mol. The fourth-order valence-electron chi connectivity index (χ4n) is 0.675. The molecule has 0 atom stereocenters. The summed E-state index contributed by atoms with van der Waals surface area (Å²) in [5, 5.41) is 0. The molecule has 0 saturated carbocycles. The Hall–Kier alpha value is -1.85. The van der Waals surface area contributed by atoms with Gasteiger partial charge >= 0.3 is 17.9 Å². The van der Waals surface area contributed by atoms with Gasteiger partial charge in [0.05, 0.1) is 20.5 Å². The summed E-state index contributed by atoms with van der Waals surface area (Å²) in [4.78, 5) is 33.0. The molecule has 6 heteroatoms. The Balaban J connectivity index is 4.71. The van der Waals surface area contributed by atoms with Gasteiger partial charge in [-0.05, 0) is 0 Å². The van der Waals surface area contributed by atoms with Crippen LogP contribution in [0.5, 0.6) is 0 Å². The first-order valence-corrected chi connectivity index (χ1v) is 3.55. The van der Waals surface area contributed by atoms with Gasteiger partial charge in [0.1, 0.15) is 0 Å². The third kappa shape index (κ3) is 2.89. The van der Waals surface area contributed by atoms with E-state index in [4.69, 9.17) is 0 Å². The van der Waals surface area contributed by atoms with Gasteiger partial charge in [0.2, 0.25) is 0 Å². The molecular weight excluding hydrogens is 192 g/mol. The maximum absolute atomic E-state index is 11.0. The van der Waals surface area contributed by atoms with Crippen LogP contribution >= 0.6 is 0 Å². The van der Waals surface area contributed by atoms with E-state index < -0.39 is 23.8 Å². The number of hydrogen-bond acceptors (Lipinski definition) is 6. The van der Waals surface area contributed by atoms with E-state index in [-0.39, 0.29) is 0 Å². The molecule has 0 N–H and O–H groups in total. The van der Waals surface area contributed by atoms with Gasteiger partial charge in [-0.2, -0.15) is 0 Å². The van der Waals surface area contributed by atoms with E-state index in [9.17, 15) is 14.4 Å². The first-order chi connectivity index (χ1) is 6.58. The van der Waals surface area contributed by atoms with Gasteiger partial charge in [0, 0.05) is 0 Å². The van der Waals surface area contributed by atoms with Gasteiger partial charge in [-0.15, -0.1) is 0 Å². The molecule has 14 heavy (non-hydrogen) atoms. The molecule has 0 unspecified atom stereocenters. The second kappa shape index (κ2) is 5.74. The van der Waals surface area contributed by atoms with Crippen molar-refractivity contribution < 1.29 is 28.6 Å². The lowest BCUT2D eigenvalue weighted by atomic mass is 10.1. The first kappa shape index (κ1) is 12.2. The monoisotopic (exact) mass is 202 g/mol. The van der Waals surface area contributed by atoms with E-state index >= 15 is 0 Å². The van der Waals surface area contributed by atoms with Gasteiger partial charge in [-0.25, -0.2) is 0 Å². The Labute approximate surface area is 80.4 Å². The maximum atomic E-state index is 11.0. The fourth-order valence-corrected chi connectivity index (χ4v) is 0.675. The molecule has 0 radical (unpaired) electrons. The molecule has 0 rings (SSSR count). The number of hydrogen-bond donors (Lipinski definition) is 0. The van der Waals surface area contributed by atoms with Crippen LogP contribution in [0.15, 0.2) is 12.8 Å². The lowest BCUT2D eigenvalue weighted by Crippen LogP contribution is -2.34. The summed E-state index contributed by atoms with van der Waals surface area (Å²) >= 11 is 0. The van der Waals surface area contributed by atoms with Gasteiger partial charge in [0.15, 0.2) is 0 Å².